The van der Waals surface area contributed by atoms with Gasteiger partial charge in [0, 0.05) is 0 Å². The molecule has 0 aliphatic rings. The number of fused-ring (bicyclic) bond motifs is 3. The zero-order valence-electron chi connectivity index (χ0n) is 12.2. The van der Waals surface area contributed by atoms with Gasteiger partial charge in [0.25, 0.3) is 0 Å². The molecule has 0 amide bonds. The maximum Gasteiger partial charge on any atom is -0.0771 e. The van der Waals surface area contributed by atoms with Crippen LogP contribution in [0.25, 0.3) is 21.5 Å². The Hall–Kier alpha value is -1.59. The van der Waals surface area contributed by atoms with Crippen LogP contribution in [0.4, 0.5) is 0 Å². The Balaban J connectivity index is 0.000000169. The molecule has 0 N–H and O–H groups in total. The van der Waals surface area contributed by atoms with Crippen LogP contribution in [-0.2, 0) is 24.2 Å². The topological polar surface area (TPSA) is 0 Å². The third-order valence-corrected chi connectivity index (χ3v) is 3.08. The number of benzene rings is 2. The van der Waals surface area contributed by atoms with Gasteiger partial charge < -0.3 is 0 Å². The predicted molar refractivity (Wildman–Crippen MR) is 90.8 cm³/mol. The summed E-state index contributed by atoms with van der Waals surface area (Å²) in [6, 6.07) is 29.3. The average Bonchev–Trinajstić information content (AvgIpc) is 3.19. The maximum absolute atomic E-state index is 2.24. The molecule has 0 heterocycles. The molecule has 0 nitrogen and oxygen atoms in total. The van der Waals surface area contributed by atoms with Crippen molar-refractivity contribution < 1.29 is 24.2 Å². The molecule has 0 aliphatic heterocycles. The molecule has 4 rings (SSSR count). The Labute approximate surface area is 141 Å². The molecule has 0 aliphatic carbocycles. The fourth-order valence-corrected chi connectivity index (χ4v) is 2.22. The zero-order valence-corrected chi connectivity index (χ0v) is 14.6. The molecule has 0 saturated heterocycles. The van der Waals surface area contributed by atoms with E-state index in [9.17, 15) is 0 Å². The molecule has 0 saturated carbocycles. The van der Waals surface area contributed by atoms with E-state index >= 15 is 0 Å². The molecule has 0 spiro atoms. The maximum atomic E-state index is 2.24. The number of hydrogen-bond acceptors (Lipinski definition) is 0. The summed E-state index contributed by atoms with van der Waals surface area (Å²) in [5.74, 6) is 0. The van der Waals surface area contributed by atoms with E-state index in [0.717, 1.165) is 0 Å². The summed E-state index contributed by atoms with van der Waals surface area (Å²) in [6.07, 6.45) is 0. The molecule has 4 aromatic rings. The molecule has 0 aromatic heterocycles. The number of hydrogen-bond donors (Lipinski definition) is 0. The number of rotatable bonds is 0. The molecule has 0 unspecified atom stereocenters. The molecular weight excluding hydrogens is 331 g/mol. The van der Waals surface area contributed by atoms with Gasteiger partial charge >= 0.3 is 34.9 Å². The largest absolute Gasteiger partial charge is 0.214 e. The van der Waals surface area contributed by atoms with Crippen molar-refractivity contribution in [2.24, 2.45) is 0 Å². The second kappa shape index (κ2) is 8.64. The summed E-state index contributed by atoms with van der Waals surface area (Å²) in [4.78, 5) is 0. The standard InChI is InChI=1S/C13H9.C5H5.C2H4.Zr/c1-3-7-12-10(5-1)9-11-6-2-4-8-13(11)12;1-2-4-5-3-1;1-2;/h1-9H;1-5H;1H,2H3;/q2*-1;;+2. The van der Waals surface area contributed by atoms with E-state index in [1.165, 1.54) is 45.8 Å². The fourth-order valence-electron chi connectivity index (χ4n) is 2.22. The molecular formula is C20H18Zr. The second-order valence-corrected chi connectivity index (χ2v) is 5.99. The fraction of sp³-hybridized carbons (Fsp3) is 0.0500. The zero-order chi connectivity index (χ0) is 14.9. The van der Waals surface area contributed by atoms with Crippen LogP contribution in [0.3, 0.4) is 0 Å². The Morgan fingerprint density at radius 1 is 0.762 bits per heavy atom. The van der Waals surface area contributed by atoms with E-state index in [2.05, 4.69) is 58.3 Å². The van der Waals surface area contributed by atoms with Crippen LogP contribution >= 0.6 is 0 Å². The van der Waals surface area contributed by atoms with Crippen LogP contribution < -0.4 is 0 Å². The first-order chi connectivity index (χ1) is 10.4. The summed E-state index contributed by atoms with van der Waals surface area (Å²) in [6.45, 7) is 2.04. The smallest absolute Gasteiger partial charge is 0.0771 e. The first-order valence-electron chi connectivity index (χ1n) is 7.01. The minimum absolute atomic E-state index is 1.34. The normalized spacial score (nSPS) is 9.48. The van der Waals surface area contributed by atoms with Crippen molar-refractivity contribution in [2.75, 3.05) is 0 Å². The molecule has 4 aromatic carbocycles. The Kier molecular flexibility index (Phi) is 6.50. The van der Waals surface area contributed by atoms with E-state index in [4.69, 9.17) is 0 Å². The van der Waals surface area contributed by atoms with Crippen molar-refractivity contribution in [2.45, 2.75) is 6.92 Å². The van der Waals surface area contributed by atoms with Gasteiger partial charge in [0.1, 0.15) is 0 Å². The van der Waals surface area contributed by atoms with Crippen LogP contribution in [0.2, 0.25) is 0 Å². The molecule has 1 heteroatoms. The van der Waals surface area contributed by atoms with E-state index in [0.29, 0.717) is 0 Å². The van der Waals surface area contributed by atoms with Gasteiger partial charge in [-0.3, -0.25) is 0 Å². The minimum atomic E-state index is 1.34. The van der Waals surface area contributed by atoms with Gasteiger partial charge in [0.2, 0.25) is 0 Å². The van der Waals surface area contributed by atoms with Crippen LogP contribution in [0.5, 0.6) is 0 Å². The van der Waals surface area contributed by atoms with Crippen molar-refractivity contribution in [1.82, 2.24) is 0 Å². The third-order valence-electron chi connectivity index (χ3n) is 3.08. The van der Waals surface area contributed by atoms with Gasteiger partial charge in [-0.05, 0) is 0 Å². The Morgan fingerprint density at radius 2 is 1.19 bits per heavy atom. The van der Waals surface area contributed by atoms with Crippen molar-refractivity contribution in [1.29, 1.82) is 0 Å². The van der Waals surface area contributed by atoms with Crippen LogP contribution in [-0.4, -0.2) is 3.71 Å². The van der Waals surface area contributed by atoms with Crippen LogP contribution in [0.15, 0.2) is 84.9 Å². The first kappa shape index (κ1) is 15.8. The molecule has 102 valence electrons. The van der Waals surface area contributed by atoms with Gasteiger partial charge in [0.05, 0.1) is 0 Å². The molecule has 21 heavy (non-hydrogen) atoms. The monoisotopic (exact) mass is 348 g/mol. The summed E-state index contributed by atoms with van der Waals surface area (Å²) >= 11 is 1.51. The van der Waals surface area contributed by atoms with E-state index in [1.54, 1.807) is 0 Å². The quantitative estimate of drug-likeness (QED) is 0.369. The first-order valence-corrected chi connectivity index (χ1v) is 8.43. The molecule has 0 atom stereocenters. The van der Waals surface area contributed by atoms with Gasteiger partial charge in [0.15, 0.2) is 0 Å². The molecule has 0 radical (unpaired) electrons. The Bertz CT molecular complexity index is 708. The summed E-state index contributed by atoms with van der Waals surface area (Å²) in [7, 11) is 0. The van der Waals surface area contributed by atoms with Gasteiger partial charge in [-0.15, -0.1) is 39.7 Å². The van der Waals surface area contributed by atoms with Crippen molar-refractivity contribution in [3.8, 4) is 0 Å². The molecule has 0 bridgehead atoms. The SMILES string of the molecule is C[CH]=[Zr+2].c1cc[cH-]c1.c1ccc2c(c1)[cH-]c1ccccc12. The Morgan fingerprint density at radius 3 is 1.57 bits per heavy atom. The van der Waals surface area contributed by atoms with Crippen molar-refractivity contribution >= 4 is 25.3 Å². The average molecular weight is 350 g/mol. The van der Waals surface area contributed by atoms with E-state index < -0.39 is 0 Å². The third kappa shape index (κ3) is 4.44. The van der Waals surface area contributed by atoms with Gasteiger partial charge in [-0.2, -0.15) is 18.2 Å². The van der Waals surface area contributed by atoms with Crippen LogP contribution in [0, 0.1) is 0 Å². The van der Waals surface area contributed by atoms with E-state index in [1.807, 2.05) is 37.3 Å². The summed E-state index contributed by atoms with van der Waals surface area (Å²) in [5, 5.41) is 5.39. The van der Waals surface area contributed by atoms with Gasteiger partial charge in [-0.1, -0.05) is 36.4 Å². The predicted octanol–water partition coefficient (Wildman–Crippen LogP) is 5.47. The summed E-state index contributed by atoms with van der Waals surface area (Å²) in [5.41, 5.74) is 0. The van der Waals surface area contributed by atoms with Crippen molar-refractivity contribution in [3.63, 3.8) is 0 Å². The summed E-state index contributed by atoms with van der Waals surface area (Å²) < 4.78 is 2.09. The molecule has 0 fully saturated rings. The minimum Gasteiger partial charge on any atom is -0.214 e. The van der Waals surface area contributed by atoms with Crippen LogP contribution in [0.1, 0.15) is 6.92 Å². The van der Waals surface area contributed by atoms with Crippen molar-refractivity contribution in [3.05, 3.63) is 84.9 Å². The van der Waals surface area contributed by atoms with E-state index in [-0.39, 0.29) is 0 Å². The second-order valence-electron chi connectivity index (χ2n) is 4.57. The van der Waals surface area contributed by atoms with Gasteiger partial charge in [-0.25, -0.2) is 12.1 Å².